The summed E-state index contributed by atoms with van der Waals surface area (Å²) in [5.74, 6) is 0. The molecule has 0 aliphatic rings. The Morgan fingerprint density at radius 3 is 1.71 bits per heavy atom. The van der Waals surface area contributed by atoms with E-state index in [9.17, 15) is 8.42 Å². The number of hydrogen-bond acceptors (Lipinski definition) is 3. The summed E-state index contributed by atoms with van der Waals surface area (Å²) >= 11 is 1.71. The van der Waals surface area contributed by atoms with E-state index in [0.29, 0.717) is 4.90 Å². The van der Waals surface area contributed by atoms with Gasteiger partial charge in [0.05, 0.1) is 4.90 Å². The lowest BCUT2D eigenvalue weighted by molar-refractivity contribution is 0.614. The average Bonchev–Trinajstić information content (AvgIpc) is 2.77. The Labute approximate surface area is 88.8 Å². The first kappa shape index (κ1) is 10.9. The lowest BCUT2D eigenvalue weighted by atomic mass is 10.4. The first-order valence-electron chi connectivity index (χ1n) is 3.97. The monoisotopic (exact) mass is 226 g/mol. The zero-order valence-corrected chi connectivity index (χ0v) is 9.08. The fourth-order valence-corrected chi connectivity index (χ4v) is 1.65. The van der Waals surface area contributed by atoms with Crippen LogP contribution in [0.25, 0.3) is 0 Å². The maximum Gasteiger partial charge on any atom is 0.168 e. The third-order valence-electron chi connectivity index (χ3n) is 1.39. The Hall–Kier alpha value is -1.13. The molecule has 0 bridgehead atoms. The van der Waals surface area contributed by atoms with E-state index >= 15 is 0 Å². The Balaban J connectivity index is 0.000000165. The van der Waals surface area contributed by atoms with Crippen molar-refractivity contribution in [3.63, 3.8) is 0 Å². The zero-order chi connectivity index (χ0) is 10.2. The molecule has 0 aliphatic carbocycles. The van der Waals surface area contributed by atoms with Gasteiger partial charge in [-0.15, -0.1) is 0 Å². The topological polar surface area (TPSA) is 34.1 Å². The lowest BCUT2D eigenvalue weighted by Crippen LogP contribution is -1.75. The molecule has 1 aromatic heterocycles. The van der Waals surface area contributed by atoms with Crippen LogP contribution in [0, 0.1) is 0 Å². The van der Waals surface area contributed by atoms with Crippen molar-refractivity contribution in [3.8, 4) is 0 Å². The third kappa shape index (κ3) is 4.20. The Morgan fingerprint density at radius 1 is 0.857 bits per heavy atom. The van der Waals surface area contributed by atoms with Crippen molar-refractivity contribution in [1.82, 2.24) is 0 Å². The molecular weight excluding hydrogens is 216 g/mol. The molecule has 0 radical (unpaired) electrons. The van der Waals surface area contributed by atoms with Crippen LogP contribution >= 0.6 is 11.3 Å². The summed E-state index contributed by atoms with van der Waals surface area (Å²) in [5.41, 5.74) is 0. The molecule has 14 heavy (non-hydrogen) atoms. The first-order valence-corrected chi connectivity index (χ1v) is 6.09. The minimum Gasteiger partial charge on any atom is -0.227 e. The van der Waals surface area contributed by atoms with Crippen LogP contribution in [0.3, 0.4) is 0 Å². The molecule has 0 saturated heterocycles. The van der Waals surface area contributed by atoms with Crippen LogP contribution < -0.4 is 0 Å². The minimum atomic E-state index is -2.40. The maximum atomic E-state index is 10.2. The van der Waals surface area contributed by atoms with Crippen LogP contribution in [0.15, 0.2) is 58.1 Å². The highest BCUT2D eigenvalue weighted by molar-refractivity contribution is 7.72. The smallest absolute Gasteiger partial charge is 0.168 e. The number of benzene rings is 1. The highest BCUT2D eigenvalue weighted by atomic mass is 32.2. The fourth-order valence-electron chi connectivity index (χ4n) is 0.777. The molecule has 0 N–H and O–H groups in total. The van der Waals surface area contributed by atoms with E-state index in [1.807, 2.05) is 22.9 Å². The van der Waals surface area contributed by atoms with Gasteiger partial charge in [-0.3, -0.25) is 0 Å². The van der Waals surface area contributed by atoms with E-state index in [1.54, 1.807) is 41.7 Å². The standard InChI is InChI=1S/C6H6O2S.C4H4S/c7-9(8)6-4-2-1-3-5-6;1-2-4-5-3-1/h1-5,9H;1-4H. The van der Waals surface area contributed by atoms with Gasteiger partial charge in [0.2, 0.25) is 0 Å². The molecule has 74 valence electrons. The van der Waals surface area contributed by atoms with E-state index in [0.717, 1.165) is 0 Å². The zero-order valence-electron chi connectivity index (χ0n) is 7.37. The van der Waals surface area contributed by atoms with Gasteiger partial charge in [-0.1, -0.05) is 30.3 Å². The number of thiophene rings is 1. The van der Waals surface area contributed by atoms with E-state index in [-0.39, 0.29) is 0 Å². The lowest BCUT2D eigenvalue weighted by Gasteiger charge is -1.83. The highest BCUT2D eigenvalue weighted by Crippen LogP contribution is 1.97. The van der Waals surface area contributed by atoms with Gasteiger partial charge in [0, 0.05) is 0 Å². The largest absolute Gasteiger partial charge is 0.227 e. The summed E-state index contributed by atoms with van der Waals surface area (Å²) in [6.07, 6.45) is 0. The van der Waals surface area contributed by atoms with Gasteiger partial charge in [-0.2, -0.15) is 11.3 Å². The van der Waals surface area contributed by atoms with E-state index in [2.05, 4.69) is 0 Å². The van der Waals surface area contributed by atoms with Crippen molar-refractivity contribution in [3.05, 3.63) is 53.2 Å². The fraction of sp³-hybridized carbons (Fsp3) is 0. The van der Waals surface area contributed by atoms with Crippen molar-refractivity contribution in [1.29, 1.82) is 0 Å². The molecule has 0 atom stereocenters. The van der Waals surface area contributed by atoms with Crippen LogP contribution in [0.5, 0.6) is 0 Å². The molecule has 4 heteroatoms. The summed E-state index contributed by atoms with van der Waals surface area (Å²) in [4.78, 5) is 0.368. The summed E-state index contributed by atoms with van der Waals surface area (Å²) in [6.45, 7) is 0. The molecule has 1 aromatic carbocycles. The molecule has 0 aliphatic heterocycles. The molecule has 0 spiro atoms. The second-order valence-corrected chi connectivity index (χ2v) is 4.23. The predicted molar refractivity (Wildman–Crippen MR) is 59.3 cm³/mol. The average molecular weight is 226 g/mol. The number of hydrogen-bond donors (Lipinski definition) is 1. The van der Waals surface area contributed by atoms with E-state index in [1.165, 1.54) is 0 Å². The molecule has 0 unspecified atom stereocenters. The van der Waals surface area contributed by atoms with E-state index in [4.69, 9.17) is 0 Å². The SMILES string of the molecule is O=[SH](=O)c1ccccc1.c1ccsc1. The van der Waals surface area contributed by atoms with Gasteiger partial charge in [-0.05, 0) is 22.9 Å². The van der Waals surface area contributed by atoms with Gasteiger partial charge in [0.15, 0.2) is 10.7 Å². The summed E-state index contributed by atoms with van der Waals surface area (Å²) < 4.78 is 20.5. The maximum absolute atomic E-state index is 10.2. The van der Waals surface area contributed by atoms with Crippen molar-refractivity contribution in [2.45, 2.75) is 4.90 Å². The summed E-state index contributed by atoms with van der Waals surface area (Å²) in [7, 11) is -2.40. The van der Waals surface area contributed by atoms with Crippen molar-refractivity contribution in [2.24, 2.45) is 0 Å². The summed E-state index contributed by atoms with van der Waals surface area (Å²) in [5, 5.41) is 4.08. The molecule has 0 saturated carbocycles. The molecule has 2 aromatic rings. The predicted octanol–water partition coefficient (Wildman–Crippen LogP) is 2.41. The Bertz CT molecular complexity index is 380. The van der Waals surface area contributed by atoms with Gasteiger partial charge < -0.3 is 0 Å². The van der Waals surface area contributed by atoms with Gasteiger partial charge in [0.25, 0.3) is 0 Å². The van der Waals surface area contributed by atoms with Gasteiger partial charge in [-0.25, -0.2) is 8.42 Å². The van der Waals surface area contributed by atoms with Crippen LogP contribution in [-0.2, 0) is 10.7 Å². The van der Waals surface area contributed by atoms with Crippen LogP contribution in [0.2, 0.25) is 0 Å². The first-order chi connectivity index (χ1) is 6.80. The van der Waals surface area contributed by atoms with Gasteiger partial charge >= 0.3 is 0 Å². The Kier molecular flexibility index (Phi) is 4.96. The van der Waals surface area contributed by atoms with Crippen LogP contribution in [0.1, 0.15) is 0 Å². The second kappa shape index (κ2) is 6.34. The van der Waals surface area contributed by atoms with Crippen LogP contribution in [0.4, 0.5) is 0 Å². The third-order valence-corrected chi connectivity index (χ3v) is 2.74. The quantitative estimate of drug-likeness (QED) is 0.758. The van der Waals surface area contributed by atoms with Crippen molar-refractivity contribution >= 4 is 22.0 Å². The summed E-state index contributed by atoms with van der Waals surface area (Å²) in [6, 6.07) is 12.3. The molecule has 2 rings (SSSR count). The number of rotatable bonds is 1. The number of thiol groups is 1. The van der Waals surface area contributed by atoms with Crippen molar-refractivity contribution < 1.29 is 8.42 Å². The van der Waals surface area contributed by atoms with E-state index < -0.39 is 10.7 Å². The normalized spacial score (nSPS) is 9.21. The highest BCUT2D eigenvalue weighted by Gasteiger charge is 1.87. The van der Waals surface area contributed by atoms with Crippen LogP contribution in [-0.4, -0.2) is 8.42 Å². The molecule has 0 fully saturated rings. The second-order valence-electron chi connectivity index (χ2n) is 2.39. The molecule has 1 heterocycles. The molecular formula is C10H10O2S2. The molecule has 0 amide bonds. The van der Waals surface area contributed by atoms with Crippen molar-refractivity contribution in [2.75, 3.05) is 0 Å². The molecule has 2 nitrogen and oxygen atoms in total. The Morgan fingerprint density at radius 2 is 1.43 bits per heavy atom. The minimum absolute atomic E-state index is 0.368. The van der Waals surface area contributed by atoms with Gasteiger partial charge in [0.1, 0.15) is 0 Å².